The Morgan fingerprint density at radius 2 is 2.22 bits per heavy atom. The molecule has 3 heterocycles. The number of aromatic nitrogens is 3. The molecule has 0 aliphatic carbocycles. The molecule has 1 aliphatic heterocycles. The number of hydrogen-bond acceptors (Lipinski definition) is 4. The van der Waals surface area contributed by atoms with Crippen LogP contribution in [-0.2, 0) is 13.0 Å². The van der Waals surface area contributed by atoms with Crippen LogP contribution in [0.3, 0.4) is 0 Å². The third kappa shape index (κ3) is 4.51. The Hall–Kier alpha value is -2.31. The number of H-pyrrole nitrogens is 1. The molecule has 1 aromatic carbocycles. The molecule has 6 heteroatoms. The molecule has 1 fully saturated rings. The quantitative estimate of drug-likeness (QED) is 0.727. The lowest BCUT2D eigenvalue weighted by Crippen LogP contribution is -2.46. The van der Waals surface area contributed by atoms with Crippen LogP contribution in [0.5, 0.6) is 0 Å². The second-order valence-corrected chi connectivity index (χ2v) is 7.43. The molecule has 0 spiro atoms. The molecular weight excluding hydrogens is 341 g/mol. The number of fused-ring (bicyclic) bond motifs is 1. The Balaban J connectivity index is 1.34. The van der Waals surface area contributed by atoms with Crippen molar-refractivity contribution in [2.45, 2.75) is 31.8 Å². The first kappa shape index (κ1) is 18.1. The van der Waals surface area contributed by atoms with Gasteiger partial charge in [-0.2, -0.15) is 0 Å². The SMILES string of the molecule is CN(CCc1ccccn1)[C@H]1CCCN(Cc2nc3ccc(F)cc3[nH]2)C1. The van der Waals surface area contributed by atoms with Gasteiger partial charge < -0.3 is 9.88 Å². The summed E-state index contributed by atoms with van der Waals surface area (Å²) in [6.45, 7) is 3.90. The van der Waals surface area contributed by atoms with E-state index in [0.29, 0.717) is 6.04 Å². The lowest BCUT2D eigenvalue weighted by molar-refractivity contribution is 0.110. The summed E-state index contributed by atoms with van der Waals surface area (Å²) in [5.41, 5.74) is 2.74. The highest BCUT2D eigenvalue weighted by atomic mass is 19.1. The number of halogens is 1. The summed E-state index contributed by atoms with van der Waals surface area (Å²) < 4.78 is 13.4. The number of hydrogen-bond donors (Lipinski definition) is 1. The fourth-order valence-corrected chi connectivity index (χ4v) is 3.88. The number of likely N-dealkylation sites (tertiary alicyclic amines) is 1. The van der Waals surface area contributed by atoms with Gasteiger partial charge in [0.05, 0.1) is 17.6 Å². The van der Waals surface area contributed by atoms with Crippen LogP contribution in [0.2, 0.25) is 0 Å². The Morgan fingerprint density at radius 3 is 3.07 bits per heavy atom. The number of rotatable bonds is 6. The summed E-state index contributed by atoms with van der Waals surface area (Å²) in [6.07, 6.45) is 5.24. The third-order valence-corrected chi connectivity index (χ3v) is 5.42. The van der Waals surface area contributed by atoms with E-state index in [9.17, 15) is 4.39 Å². The standard InChI is InChI=1S/C21H26FN5/c1-26(12-9-17-5-2-3-10-23-17)18-6-4-11-27(14-18)15-21-24-19-8-7-16(22)13-20(19)25-21/h2-3,5,7-8,10,13,18H,4,6,9,11-12,14-15H2,1H3,(H,24,25)/t18-/m0/s1. The monoisotopic (exact) mass is 367 g/mol. The van der Waals surface area contributed by atoms with Crippen LogP contribution in [-0.4, -0.2) is 57.5 Å². The van der Waals surface area contributed by atoms with E-state index in [4.69, 9.17) is 0 Å². The molecule has 2 aromatic heterocycles. The van der Waals surface area contributed by atoms with Gasteiger partial charge in [-0.1, -0.05) is 6.07 Å². The number of piperidine rings is 1. The Kier molecular flexibility index (Phi) is 5.45. The lowest BCUT2D eigenvalue weighted by Gasteiger charge is -2.37. The van der Waals surface area contributed by atoms with Crippen molar-refractivity contribution in [1.82, 2.24) is 24.8 Å². The minimum absolute atomic E-state index is 0.231. The molecule has 4 rings (SSSR count). The summed E-state index contributed by atoms with van der Waals surface area (Å²) in [4.78, 5) is 17.2. The van der Waals surface area contributed by atoms with Crippen LogP contribution in [0.1, 0.15) is 24.4 Å². The van der Waals surface area contributed by atoms with E-state index < -0.39 is 0 Å². The highest BCUT2D eigenvalue weighted by Crippen LogP contribution is 2.19. The van der Waals surface area contributed by atoms with Crippen molar-refractivity contribution in [1.29, 1.82) is 0 Å². The van der Waals surface area contributed by atoms with Gasteiger partial charge >= 0.3 is 0 Å². The zero-order chi connectivity index (χ0) is 18.6. The smallest absolute Gasteiger partial charge is 0.125 e. The van der Waals surface area contributed by atoms with E-state index in [2.05, 4.69) is 37.9 Å². The molecule has 1 aliphatic rings. The molecule has 0 unspecified atom stereocenters. The maximum atomic E-state index is 13.4. The minimum Gasteiger partial charge on any atom is -0.341 e. The van der Waals surface area contributed by atoms with Crippen LogP contribution in [0.25, 0.3) is 11.0 Å². The third-order valence-electron chi connectivity index (χ3n) is 5.42. The van der Waals surface area contributed by atoms with Gasteiger partial charge in [-0.15, -0.1) is 0 Å². The number of benzene rings is 1. The first-order chi connectivity index (χ1) is 13.2. The average molecular weight is 367 g/mol. The fourth-order valence-electron chi connectivity index (χ4n) is 3.88. The van der Waals surface area contributed by atoms with Gasteiger partial charge in [0, 0.05) is 37.4 Å². The van der Waals surface area contributed by atoms with Crippen LogP contribution in [0, 0.1) is 5.82 Å². The van der Waals surface area contributed by atoms with Crippen molar-refractivity contribution in [3.05, 3.63) is 59.9 Å². The van der Waals surface area contributed by atoms with Crippen LogP contribution >= 0.6 is 0 Å². The molecule has 0 radical (unpaired) electrons. The molecule has 1 N–H and O–H groups in total. The van der Waals surface area contributed by atoms with Crippen LogP contribution < -0.4 is 0 Å². The first-order valence-electron chi connectivity index (χ1n) is 9.64. The van der Waals surface area contributed by atoms with Crippen molar-refractivity contribution >= 4 is 11.0 Å². The lowest BCUT2D eigenvalue weighted by atomic mass is 10.0. The van der Waals surface area contributed by atoms with E-state index in [0.717, 1.165) is 55.2 Å². The number of likely N-dealkylation sites (N-methyl/N-ethyl adjacent to an activating group) is 1. The maximum absolute atomic E-state index is 13.4. The predicted molar refractivity (Wildman–Crippen MR) is 105 cm³/mol. The summed E-state index contributed by atoms with van der Waals surface area (Å²) >= 11 is 0. The van der Waals surface area contributed by atoms with Gasteiger partial charge in [0.2, 0.25) is 0 Å². The largest absolute Gasteiger partial charge is 0.341 e. The molecule has 0 bridgehead atoms. The van der Waals surface area contributed by atoms with E-state index >= 15 is 0 Å². The van der Waals surface area contributed by atoms with E-state index in [1.807, 2.05) is 18.3 Å². The molecule has 27 heavy (non-hydrogen) atoms. The van der Waals surface area contributed by atoms with Gasteiger partial charge in [0.15, 0.2) is 0 Å². The summed E-state index contributed by atoms with van der Waals surface area (Å²) in [7, 11) is 2.21. The summed E-state index contributed by atoms with van der Waals surface area (Å²) in [6, 6.07) is 11.3. The van der Waals surface area contributed by atoms with Crippen molar-refractivity contribution in [2.24, 2.45) is 0 Å². The molecule has 1 saturated heterocycles. The Labute approximate surface area is 159 Å². The zero-order valence-corrected chi connectivity index (χ0v) is 15.7. The Bertz CT molecular complexity index is 879. The second kappa shape index (κ2) is 8.15. The fraction of sp³-hybridized carbons (Fsp3) is 0.429. The van der Waals surface area contributed by atoms with Gasteiger partial charge in [0.1, 0.15) is 11.6 Å². The number of aromatic amines is 1. The zero-order valence-electron chi connectivity index (χ0n) is 15.7. The number of pyridine rings is 1. The summed E-state index contributed by atoms with van der Waals surface area (Å²) in [5.74, 6) is 0.678. The highest BCUT2D eigenvalue weighted by Gasteiger charge is 2.23. The van der Waals surface area contributed by atoms with Gasteiger partial charge in [-0.25, -0.2) is 9.37 Å². The molecule has 1 atom stereocenters. The van der Waals surface area contributed by atoms with Gasteiger partial charge in [0.25, 0.3) is 0 Å². The number of nitrogens with zero attached hydrogens (tertiary/aromatic N) is 4. The van der Waals surface area contributed by atoms with Crippen molar-refractivity contribution in [3.8, 4) is 0 Å². The van der Waals surface area contributed by atoms with Gasteiger partial charge in [-0.3, -0.25) is 9.88 Å². The molecule has 0 saturated carbocycles. The second-order valence-electron chi connectivity index (χ2n) is 7.43. The van der Waals surface area contributed by atoms with E-state index in [1.165, 1.54) is 25.0 Å². The first-order valence-corrected chi connectivity index (χ1v) is 9.64. The van der Waals surface area contributed by atoms with Gasteiger partial charge in [-0.05, 0) is 56.8 Å². The highest BCUT2D eigenvalue weighted by molar-refractivity contribution is 5.74. The minimum atomic E-state index is -0.231. The molecule has 3 aromatic rings. The number of nitrogens with one attached hydrogen (secondary N) is 1. The molecule has 142 valence electrons. The average Bonchev–Trinajstić information content (AvgIpc) is 3.08. The van der Waals surface area contributed by atoms with Crippen molar-refractivity contribution in [2.75, 3.05) is 26.7 Å². The van der Waals surface area contributed by atoms with Crippen LogP contribution in [0.4, 0.5) is 4.39 Å². The Morgan fingerprint density at radius 1 is 1.30 bits per heavy atom. The van der Waals surface area contributed by atoms with Crippen molar-refractivity contribution in [3.63, 3.8) is 0 Å². The van der Waals surface area contributed by atoms with E-state index in [-0.39, 0.29) is 5.82 Å². The van der Waals surface area contributed by atoms with Crippen LogP contribution in [0.15, 0.2) is 42.6 Å². The topological polar surface area (TPSA) is 48.1 Å². The summed E-state index contributed by atoms with van der Waals surface area (Å²) in [5, 5.41) is 0. The number of imidazole rings is 1. The molecule has 5 nitrogen and oxygen atoms in total. The van der Waals surface area contributed by atoms with Crippen molar-refractivity contribution < 1.29 is 4.39 Å². The maximum Gasteiger partial charge on any atom is 0.125 e. The van der Waals surface area contributed by atoms with E-state index in [1.54, 1.807) is 6.07 Å². The normalized spacial score (nSPS) is 18.4. The predicted octanol–water partition coefficient (Wildman–Crippen LogP) is 3.24. The molecule has 0 amide bonds. The molecular formula is C21H26FN5.